The van der Waals surface area contributed by atoms with Crippen molar-refractivity contribution in [3.05, 3.63) is 35.8 Å². The molecule has 0 saturated heterocycles. The Morgan fingerprint density at radius 2 is 2.14 bits per heavy atom. The van der Waals surface area contributed by atoms with E-state index in [-0.39, 0.29) is 12.3 Å². The molecule has 0 aliphatic carbocycles. The molecule has 110 valence electrons. The van der Waals surface area contributed by atoms with Crippen molar-refractivity contribution in [2.24, 2.45) is 5.41 Å². The van der Waals surface area contributed by atoms with Gasteiger partial charge in [0.2, 0.25) is 5.91 Å². The number of aromatic nitrogens is 1. The summed E-state index contributed by atoms with van der Waals surface area (Å²) in [4.78, 5) is 27.2. The number of carboxylic acid groups (broad SMARTS) is 1. The smallest absolute Gasteiger partial charge is 0.309 e. The molecule has 0 aliphatic rings. The molecule has 1 aromatic carbocycles. The molecule has 0 radical (unpaired) electrons. The molecule has 1 heterocycles. The zero-order valence-corrected chi connectivity index (χ0v) is 12.6. The number of thiazole rings is 1. The molecule has 0 unspecified atom stereocenters. The van der Waals surface area contributed by atoms with Gasteiger partial charge >= 0.3 is 5.97 Å². The van der Waals surface area contributed by atoms with Crippen LogP contribution >= 0.6 is 11.3 Å². The fraction of sp³-hybridized carbons (Fsp3) is 0.267. The molecule has 5 nitrogen and oxygen atoms in total. The number of carbonyl (C=O) groups excluding carboxylic acids is 1. The van der Waals surface area contributed by atoms with Crippen molar-refractivity contribution in [1.82, 2.24) is 4.98 Å². The van der Waals surface area contributed by atoms with E-state index in [2.05, 4.69) is 10.3 Å². The first-order valence-electron chi connectivity index (χ1n) is 6.42. The number of carboxylic acids is 1. The number of nitrogens with zero attached hydrogens (tertiary/aromatic N) is 1. The van der Waals surface area contributed by atoms with Crippen LogP contribution in [0.4, 0.5) is 5.69 Å². The maximum atomic E-state index is 11.9. The summed E-state index contributed by atoms with van der Waals surface area (Å²) in [5.74, 6) is -1.31. The molecule has 0 spiro atoms. The summed E-state index contributed by atoms with van der Waals surface area (Å²) >= 11 is 1.52. The van der Waals surface area contributed by atoms with Crippen molar-refractivity contribution in [2.45, 2.75) is 20.3 Å². The maximum absolute atomic E-state index is 11.9. The van der Waals surface area contributed by atoms with Crippen LogP contribution in [0.1, 0.15) is 20.3 Å². The summed E-state index contributed by atoms with van der Waals surface area (Å²) in [6.45, 7) is 3.06. The standard InChI is InChI=1S/C15H16N2O3S/c1-15(2,14(19)20)9-12(18)17-11-5-3-4-10(8-11)13-16-6-7-21-13/h3-8H,9H2,1-2H3,(H,17,18)(H,19,20). The van der Waals surface area contributed by atoms with Gasteiger partial charge in [-0.25, -0.2) is 4.98 Å². The Kier molecular flexibility index (Phi) is 4.37. The van der Waals surface area contributed by atoms with Gasteiger partial charge in [-0.05, 0) is 26.0 Å². The minimum absolute atomic E-state index is 0.0796. The summed E-state index contributed by atoms with van der Waals surface area (Å²) in [6.07, 6.45) is 1.64. The first kappa shape index (κ1) is 15.2. The first-order chi connectivity index (χ1) is 9.88. The van der Waals surface area contributed by atoms with Gasteiger partial charge in [0.15, 0.2) is 0 Å². The molecule has 0 saturated carbocycles. The van der Waals surface area contributed by atoms with Gasteiger partial charge < -0.3 is 10.4 Å². The van der Waals surface area contributed by atoms with E-state index in [1.807, 2.05) is 23.6 Å². The van der Waals surface area contributed by atoms with Gasteiger partial charge in [-0.3, -0.25) is 9.59 Å². The number of rotatable bonds is 5. The summed E-state index contributed by atoms with van der Waals surface area (Å²) in [5, 5.41) is 14.5. The molecule has 6 heteroatoms. The highest BCUT2D eigenvalue weighted by molar-refractivity contribution is 7.13. The molecule has 2 aromatic rings. The molecule has 0 atom stereocenters. The predicted octanol–water partition coefficient (Wildman–Crippen LogP) is 3.25. The van der Waals surface area contributed by atoms with E-state index in [4.69, 9.17) is 5.11 Å². The molecular formula is C15H16N2O3S. The normalized spacial score (nSPS) is 11.1. The summed E-state index contributed by atoms with van der Waals surface area (Å²) in [6, 6.07) is 7.33. The summed E-state index contributed by atoms with van der Waals surface area (Å²) < 4.78 is 0. The van der Waals surface area contributed by atoms with Crippen LogP contribution in [0, 0.1) is 5.41 Å². The maximum Gasteiger partial charge on any atom is 0.309 e. The minimum Gasteiger partial charge on any atom is -0.481 e. The molecule has 0 bridgehead atoms. The zero-order valence-electron chi connectivity index (χ0n) is 11.8. The number of carbonyl (C=O) groups is 2. The number of aliphatic carboxylic acids is 1. The zero-order chi connectivity index (χ0) is 15.5. The van der Waals surface area contributed by atoms with Crippen LogP contribution in [0.3, 0.4) is 0 Å². The van der Waals surface area contributed by atoms with Gasteiger partial charge in [0, 0.05) is 29.2 Å². The van der Waals surface area contributed by atoms with E-state index in [9.17, 15) is 9.59 Å². The van der Waals surface area contributed by atoms with Crippen molar-refractivity contribution in [3.8, 4) is 10.6 Å². The van der Waals surface area contributed by atoms with Gasteiger partial charge in [0.25, 0.3) is 0 Å². The van der Waals surface area contributed by atoms with Gasteiger partial charge in [-0.1, -0.05) is 12.1 Å². The highest BCUT2D eigenvalue weighted by atomic mass is 32.1. The van der Waals surface area contributed by atoms with Gasteiger partial charge in [0.05, 0.1) is 5.41 Å². The Hall–Kier alpha value is -2.21. The summed E-state index contributed by atoms with van der Waals surface area (Å²) in [5.41, 5.74) is 0.464. The van der Waals surface area contributed by atoms with Crippen LogP contribution in [-0.4, -0.2) is 22.0 Å². The quantitative estimate of drug-likeness (QED) is 0.888. The third-order valence-corrected chi connectivity index (χ3v) is 3.83. The summed E-state index contributed by atoms with van der Waals surface area (Å²) in [7, 11) is 0. The van der Waals surface area contributed by atoms with E-state index >= 15 is 0 Å². The molecule has 2 rings (SSSR count). The second-order valence-electron chi connectivity index (χ2n) is 5.33. The number of benzene rings is 1. The van der Waals surface area contributed by atoms with Crippen LogP contribution in [0.25, 0.3) is 10.6 Å². The van der Waals surface area contributed by atoms with Crippen molar-refractivity contribution in [2.75, 3.05) is 5.32 Å². The topological polar surface area (TPSA) is 79.3 Å². The third kappa shape index (κ3) is 3.88. The lowest BCUT2D eigenvalue weighted by Gasteiger charge is -2.18. The first-order valence-corrected chi connectivity index (χ1v) is 7.29. The molecule has 0 fully saturated rings. The SMILES string of the molecule is CC(C)(CC(=O)Nc1cccc(-c2nccs2)c1)C(=O)O. The Bertz CT molecular complexity index is 651. The lowest BCUT2D eigenvalue weighted by molar-refractivity contribution is -0.148. The minimum atomic E-state index is -1.09. The van der Waals surface area contributed by atoms with Crippen LogP contribution in [-0.2, 0) is 9.59 Å². The second-order valence-corrected chi connectivity index (χ2v) is 6.23. The van der Waals surface area contributed by atoms with E-state index in [0.717, 1.165) is 10.6 Å². The average molecular weight is 304 g/mol. The van der Waals surface area contributed by atoms with Crippen LogP contribution in [0.15, 0.2) is 35.8 Å². The Labute approximate surface area is 126 Å². The van der Waals surface area contributed by atoms with Gasteiger partial charge in [0.1, 0.15) is 5.01 Å². The number of anilines is 1. The molecule has 1 amide bonds. The number of amides is 1. The number of hydrogen-bond acceptors (Lipinski definition) is 4. The van der Waals surface area contributed by atoms with Crippen molar-refractivity contribution < 1.29 is 14.7 Å². The number of hydrogen-bond donors (Lipinski definition) is 2. The lowest BCUT2D eigenvalue weighted by Crippen LogP contribution is -2.29. The lowest BCUT2D eigenvalue weighted by atomic mass is 9.89. The molecule has 0 aliphatic heterocycles. The molecule has 1 aromatic heterocycles. The van der Waals surface area contributed by atoms with Crippen molar-refractivity contribution >= 4 is 28.9 Å². The fourth-order valence-electron chi connectivity index (χ4n) is 1.78. The van der Waals surface area contributed by atoms with Gasteiger partial charge in [-0.2, -0.15) is 0 Å². The molecule has 2 N–H and O–H groups in total. The Morgan fingerprint density at radius 1 is 1.38 bits per heavy atom. The highest BCUT2D eigenvalue weighted by Crippen LogP contribution is 2.25. The largest absolute Gasteiger partial charge is 0.481 e. The van der Waals surface area contributed by atoms with Crippen molar-refractivity contribution in [1.29, 1.82) is 0 Å². The van der Waals surface area contributed by atoms with E-state index in [1.54, 1.807) is 12.3 Å². The van der Waals surface area contributed by atoms with E-state index in [1.165, 1.54) is 25.2 Å². The van der Waals surface area contributed by atoms with Crippen LogP contribution in [0.2, 0.25) is 0 Å². The Balaban J connectivity index is 2.08. The molecule has 21 heavy (non-hydrogen) atoms. The fourth-order valence-corrected chi connectivity index (χ4v) is 2.41. The van der Waals surface area contributed by atoms with Crippen LogP contribution < -0.4 is 5.32 Å². The van der Waals surface area contributed by atoms with E-state index < -0.39 is 11.4 Å². The number of nitrogens with one attached hydrogen (secondary N) is 1. The van der Waals surface area contributed by atoms with Crippen molar-refractivity contribution in [3.63, 3.8) is 0 Å². The predicted molar refractivity (Wildman–Crippen MR) is 82.2 cm³/mol. The monoisotopic (exact) mass is 304 g/mol. The third-order valence-electron chi connectivity index (χ3n) is 3.01. The highest BCUT2D eigenvalue weighted by Gasteiger charge is 2.30. The van der Waals surface area contributed by atoms with E-state index in [0.29, 0.717) is 5.69 Å². The Morgan fingerprint density at radius 3 is 2.76 bits per heavy atom. The van der Waals surface area contributed by atoms with Crippen LogP contribution in [0.5, 0.6) is 0 Å². The second kappa shape index (κ2) is 6.05. The average Bonchev–Trinajstić information content (AvgIpc) is 2.91. The molecular weight excluding hydrogens is 288 g/mol. The van der Waals surface area contributed by atoms with Gasteiger partial charge in [-0.15, -0.1) is 11.3 Å².